The molecule has 2 unspecified atom stereocenters. The molecule has 2 atom stereocenters. The lowest BCUT2D eigenvalue weighted by Crippen LogP contribution is -2.36. The molecule has 18 heavy (non-hydrogen) atoms. The maximum Gasteiger partial charge on any atom is 0.0762 e. The molecule has 2 N–H and O–H groups in total. The summed E-state index contributed by atoms with van der Waals surface area (Å²) in [5, 5.41) is 19.4. The monoisotopic (exact) mass is 269 g/mol. The Bertz CT molecular complexity index is 409. The van der Waals surface area contributed by atoms with E-state index in [1.54, 1.807) is 6.92 Å². The van der Waals surface area contributed by atoms with Crippen molar-refractivity contribution in [3.8, 4) is 0 Å². The van der Waals surface area contributed by atoms with E-state index in [0.29, 0.717) is 10.9 Å². The molecule has 0 amide bonds. The molecular weight excluding hydrogens is 250 g/mol. The van der Waals surface area contributed by atoms with Crippen LogP contribution in [0.4, 0.5) is 5.69 Å². The molecule has 1 saturated heterocycles. The van der Waals surface area contributed by atoms with E-state index in [1.165, 1.54) is 0 Å². The van der Waals surface area contributed by atoms with Crippen LogP contribution < -0.4 is 4.90 Å². The summed E-state index contributed by atoms with van der Waals surface area (Å²) in [6.07, 6.45) is 1.67. The van der Waals surface area contributed by atoms with Crippen molar-refractivity contribution in [2.24, 2.45) is 5.92 Å². The van der Waals surface area contributed by atoms with Gasteiger partial charge in [0.25, 0.3) is 0 Å². The van der Waals surface area contributed by atoms with Crippen molar-refractivity contribution in [2.45, 2.75) is 25.9 Å². The number of benzene rings is 1. The van der Waals surface area contributed by atoms with Gasteiger partial charge >= 0.3 is 0 Å². The van der Waals surface area contributed by atoms with Gasteiger partial charge < -0.3 is 15.1 Å². The fraction of sp³-hybridized carbons (Fsp3) is 0.571. The maximum atomic E-state index is 9.52. The summed E-state index contributed by atoms with van der Waals surface area (Å²) >= 11 is 6.28. The Morgan fingerprint density at radius 3 is 2.89 bits per heavy atom. The van der Waals surface area contributed by atoms with Crippen molar-refractivity contribution in [3.63, 3.8) is 0 Å². The Labute approximate surface area is 113 Å². The Hall–Kier alpha value is -0.770. The van der Waals surface area contributed by atoms with Gasteiger partial charge in [-0.05, 0) is 43.4 Å². The standard InChI is InChI=1S/C14H20ClNO2/c1-10(18)12-4-5-14(13(15)7-12)16-6-2-3-11(8-16)9-17/h4-5,7,10-11,17-18H,2-3,6,8-9H2,1H3. The van der Waals surface area contributed by atoms with Gasteiger partial charge in [0.05, 0.1) is 16.8 Å². The van der Waals surface area contributed by atoms with Crippen molar-refractivity contribution < 1.29 is 10.2 Å². The molecule has 0 radical (unpaired) electrons. The first kappa shape index (κ1) is 13.7. The van der Waals surface area contributed by atoms with Gasteiger partial charge in [-0.1, -0.05) is 17.7 Å². The average molecular weight is 270 g/mol. The van der Waals surface area contributed by atoms with E-state index in [4.69, 9.17) is 11.6 Å². The summed E-state index contributed by atoms with van der Waals surface area (Å²) in [7, 11) is 0. The molecule has 1 fully saturated rings. The lowest BCUT2D eigenvalue weighted by molar-refractivity contribution is 0.199. The van der Waals surface area contributed by atoms with Crippen LogP contribution in [0.3, 0.4) is 0 Å². The summed E-state index contributed by atoms with van der Waals surface area (Å²) in [5.41, 5.74) is 1.83. The zero-order valence-corrected chi connectivity index (χ0v) is 11.4. The third-order valence-electron chi connectivity index (χ3n) is 3.57. The molecule has 100 valence electrons. The van der Waals surface area contributed by atoms with Crippen LogP contribution in [0.5, 0.6) is 0 Å². The van der Waals surface area contributed by atoms with Crippen LogP contribution in [-0.4, -0.2) is 29.9 Å². The maximum absolute atomic E-state index is 9.52. The highest BCUT2D eigenvalue weighted by atomic mass is 35.5. The number of nitrogens with zero attached hydrogens (tertiary/aromatic N) is 1. The van der Waals surface area contributed by atoms with Crippen molar-refractivity contribution in [1.29, 1.82) is 0 Å². The molecule has 1 aromatic rings. The SMILES string of the molecule is CC(O)c1ccc(N2CCCC(CO)C2)c(Cl)c1. The number of rotatable bonds is 3. The Morgan fingerprint density at radius 1 is 1.50 bits per heavy atom. The summed E-state index contributed by atoms with van der Waals surface area (Å²) in [4.78, 5) is 2.22. The number of halogens is 1. The van der Waals surface area contributed by atoms with Gasteiger partial charge in [0, 0.05) is 19.7 Å². The molecule has 1 aliphatic heterocycles. The quantitative estimate of drug-likeness (QED) is 0.887. The number of hydrogen-bond donors (Lipinski definition) is 2. The van der Waals surface area contributed by atoms with Gasteiger partial charge in [-0.3, -0.25) is 0 Å². The molecule has 0 spiro atoms. The van der Waals surface area contributed by atoms with Gasteiger partial charge in [0.15, 0.2) is 0 Å². The molecule has 0 aromatic heterocycles. The number of aliphatic hydroxyl groups is 2. The number of hydrogen-bond acceptors (Lipinski definition) is 3. The highest BCUT2D eigenvalue weighted by Crippen LogP contribution is 2.31. The second kappa shape index (κ2) is 5.91. The fourth-order valence-electron chi connectivity index (χ4n) is 2.47. The molecule has 0 saturated carbocycles. The van der Waals surface area contributed by atoms with E-state index in [2.05, 4.69) is 4.90 Å². The van der Waals surface area contributed by atoms with Crippen LogP contribution in [-0.2, 0) is 0 Å². The summed E-state index contributed by atoms with van der Waals surface area (Å²) in [5.74, 6) is 0.339. The molecular formula is C14H20ClNO2. The molecule has 0 aliphatic carbocycles. The van der Waals surface area contributed by atoms with Crippen molar-refractivity contribution in [1.82, 2.24) is 0 Å². The second-order valence-corrected chi connectivity index (χ2v) is 5.43. The lowest BCUT2D eigenvalue weighted by atomic mass is 9.98. The predicted octanol–water partition coefficient (Wildman–Crippen LogP) is 2.60. The van der Waals surface area contributed by atoms with Gasteiger partial charge in [-0.15, -0.1) is 0 Å². The average Bonchev–Trinajstić information content (AvgIpc) is 2.38. The van der Waals surface area contributed by atoms with E-state index < -0.39 is 6.10 Å². The Balaban J connectivity index is 2.17. The molecule has 1 heterocycles. The summed E-state index contributed by atoms with van der Waals surface area (Å²) < 4.78 is 0. The first-order valence-electron chi connectivity index (χ1n) is 6.45. The first-order chi connectivity index (χ1) is 8.61. The predicted molar refractivity (Wildman–Crippen MR) is 74.1 cm³/mol. The minimum absolute atomic E-state index is 0.236. The van der Waals surface area contributed by atoms with Gasteiger partial charge in [-0.25, -0.2) is 0 Å². The minimum atomic E-state index is -0.497. The van der Waals surface area contributed by atoms with E-state index in [1.807, 2.05) is 18.2 Å². The van der Waals surface area contributed by atoms with Gasteiger partial charge in [0.2, 0.25) is 0 Å². The van der Waals surface area contributed by atoms with E-state index in [9.17, 15) is 10.2 Å². The number of aliphatic hydroxyl groups excluding tert-OH is 2. The third-order valence-corrected chi connectivity index (χ3v) is 3.87. The van der Waals surface area contributed by atoms with Crippen molar-refractivity contribution in [3.05, 3.63) is 28.8 Å². The summed E-state index contributed by atoms with van der Waals surface area (Å²) in [6.45, 7) is 3.79. The second-order valence-electron chi connectivity index (χ2n) is 5.02. The molecule has 2 rings (SSSR count). The summed E-state index contributed by atoms with van der Waals surface area (Å²) in [6, 6.07) is 5.70. The Morgan fingerprint density at radius 2 is 2.28 bits per heavy atom. The van der Waals surface area contributed by atoms with Gasteiger partial charge in [-0.2, -0.15) is 0 Å². The van der Waals surface area contributed by atoms with Crippen LogP contribution in [0.25, 0.3) is 0 Å². The number of anilines is 1. The van der Waals surface area contributed by atoms with Crippen LogP contribution >= 0.6 is 11.6 Å². The zero-order valence-electron chi connectivity index (χ0n) is 10.6. The highest BCUT2D eigenvalue weighted by molar-refractivity contribution is 6.33. The van der Waals surface area contributed by atoms with Crippen LogP contribution in [0.1, 0.15) is 31.4 Å². The molecule has 3 nitrogen and oxygen atoms in total. The molecule has 0 bridgehead atoms. The molecule has 1 aromatic carbocycles. The van der Waals surface area contributed by atoms with Crippen molar-refractivity contribution >= 4 is 17.3 Å². The number of piperidine rings is 1. The third kappa shape index (κ3) is 2.97. The zero-order chi connectivity index (χ0) is 13.1. The topological polar surface area (TPSA) is 43.7 Å². The van der Waals surface area contributed by atoms with Crippen LogP contribution in [0.2, 0.25) is 5.02 Å². The molecule has 1 aliphatic rings. The smallest absolute Gasteiger partial charge is 0.0762 e. The van der Waals surface area contributed by atoms with Crippen molar-refractivity contribution in [2.75, 3.05) is 24.6 Å². The molecule has 4 heteroatoms. The van der Waals surface area contributed by atoms with Gasteiger partial charge in [0.1, 0.15) is 0 Å². The van der Waals surface area contributed by atoms with Crippen LogP contribution in [0.15, 0.2) is 18.2 Å². The minimum Gasteiger partial charge on any atom is -0.396 e. The lowest BCUT2D eigenvalue weighted by Gasteiger charge is -2.34. The fourth-order valence-corrected chi connectivity index (χ4v) is 2.78. The largest absolute Gasteiger partial charge is 0.396 e. The first-order valence-corrected chi connectivity index (χ1v) is 6.83. The Kier molecular flexibility index (Phi) is 4.49. The van der Waals surface area contributed by atoms with Crippen LogP contribution in [0, 0.1) is 5.92 Å². The highest BCUT2D eigenvalue weighted by Gasteiger charge is 2.21. The van der Waals surface area contributed by atoms with E-state index in [-0.39, 0.29) is 6.61 Å². The van der Waals surface area contributed by atoms with E-state index in [0.717, 1.165) is 37.2 Å². The normalized spacial score (nSPS) is 22.0. The van der Waals surface area contributed by atoms with E-state index >= 15 is 0 Å².